The Hall–Kier alpha value is -1.70. The molecule has 2 rings (SSSR count). The Kier molecular flexibility index (Phi) is 3.94. The lowest BCUT2D eigenvalue weighted by atomic mass is 10.1. The van der Waals surface area contributed by atoms with E-state index in [1.165, 1.54) is 0 Å². The molecule has 5 nitrogen and oxygen atoms in total. The van der Waals surface area contributed by atoms with Crippen molar-refractivity contribution in [2.45, 2.75) is 23.8 Å². The highest BCUT2D eigenvalue weighted by Gasteiger charge is 2.26. The molecule has 1 aliphatic rings. The summed E-state index contributed by atoms with van der Waals surface area (Å²) in [4.78, 5) is 10.7. The fourth-order valence-electron chi connectivity index (χ4n) is 1.89. The molecular weight excluding hydrogens is 292 g/mol. The zero-order chi connectivity index (χ0) is 14.9. The van der Waals surface area contributed by atoms with Crippen LogP contribution in [0.15, 0.2) is 17.0 Å². The van der Waals surface area contributed by atoms with Crippen LogP contribution in [0.25, 0.3) is 0 Å². The van der Waals surface area contributed by atoms with Crippen LogP contribution in [0.4, 0.5) is 8.78 Å². The minimum absolute atomic E-state index is 0.390. The van der Waals surface area contributed by atoms with Crippen LogP contribution in [0.2, 0.25) is 0 Å². The number of hydrogen-bond donors (Lipinski definition) is 1. The van der Waals surface area contributed by atoms with Crippen LogP contribution in [-0.4, -0.2) is 33.2 Å². The number of amides is 1. The van der Waals surface area contributed by atoms with Crippen molar-refractivity contribution >= 4 is 15.7 Å². The van der Waals surface area contributed by atoms with E-state index in [1.807, 2.05) is 0 Å². The van der Waals surface area contributed by atoms with Gasteiger partial charge in [0.05, 0.1) is 0 Å². The molecule has 1 heterocycles. The SMILES string of the molecule is CS(=O)(=O)c1cc(F)c(OC2CCCNC2=O)cc1F. The predicted molar refractivity (Wildman–Crippen MR) is 66.1 cm³/mol. The van der Waals surface area contributed by atoms with Gasteiger partial charge in [-0.2, -0.15) is 0 Å². The Bertz CT molecular complexity index is 645. The minimum atomic E-state index is -3.87. The Morgan fingerprint density at radius 1 is 1.30 bits per heavy atom. The summed E-state index contributed by atoms with van der Waals surface area (Å²) in [6, 6.07) is 1.20. The van der Waals surface area contributed by atoms with Gasteiger partial charge in [-0.05, 0) is 18.9 Å². The van der Waals surface area contributed by atoms with E-state index in [0.717, 1.165) is 6.26 Å². The third-order valence-electron chi connectivity index (χ3n) is 2.89. The first kappa shape index (κ1) is 14.7. The van der Waals surface area contributed by atoms with Gasteiger partial charge in [0.1, 0.15) is 10.7 Å². The molecule has 1 saturated heterocycles. The molecule has 20 heavy (non-hydrogen) atoms. The standard InChI is InChI=1S/C12H13F2NO4S/c1-20(17,18)11-6-7(13)10(5-8(11)14)19-9-3-2-4-15-12(9)16/h5-6,9H,2-4H2,1H3,(H,15,16). The van der Waals surface area contributed by atoms with Crippen molar-refractivity contribution in [3.8, 4) is 5.75 Å². The molecule has 1 aromatic carbocycles. The number of sulfone groups is 1. The van der Waals surface area contributed by atoms with Gasteiger partial charge in [-0.3, -0.25) is 4.79 Å². The second-order valence-electron chi connectivity index (χ2n) is 4.52. The molecule has 0 saturated carbocycles. The summed E-state index contributed by atoms with van der Waals surface area (Å²) in [5.41, 5.74) is 0. The molecule has 1 unspecified atom stereocenters. The number of benzene rings is 1. The third-order valence-corrected chi connectivity index (χ3v) is 4.00. The van der Waals surface area contributed by atoms with E-state index in [1.54, 1.807) is 0 Å². The van der Waals surface area contributed by atoms with Gasteiger partial charge in [0.25, 0.3) is 5.91 Å². The third kappa shape index (κ3) is 3.06. The van der Waals surface area contributed by atoms with Gasteiger partial charge in [-0.25, -0.2) is 17.2 Å². The predicted octanol–water partition coefficient (Wildman–Crippen LogP) is 1.03. The number of piperidine rings is 1. The summed E-state index contributed by atoms with van der Waals surface area (Å²) >= 11 is 0. The molecule has 0 aliphatic carbocycles. The first-order valence-electron chi connectivity index (χ1n) is 5.92. The van der Waals surface area contributed by atoms with E-state index in [0.29, 0.717) is 31.5 Å². The van der Waals surface area contributed by atoms with E-state index in [9.17, 15) is 22.0 Å². The fraction of sp³-hybridized carbons (Fsp3) is 0.417. The zero-order valence-corrected chi connectivity index (χ0v) is 11.5. The van der Waals surface area contributed by atoms with E-state index in [-0.39, 0.29) is 0 Å². The number of rotatable bonds is 3. The number of carbonyl (C=O) groups excluding carboxylic acids is 1. The summed E-state index contributed by atoms with van der Waals surface area (Å²) in [5, 5.41) is 2.55. The normalized spacial score (nSPS) is 19.6. The zero-order valence-electron chi connectivity index (χ0n) is 10.7. The van der Waals surface area contributed by atoms with Crippen LogP contribution in [-0.2, 0) is 14.6 Å². The van der Waals surface area contributed by atoms with Crippen LogP contribution < -0.4 is 10.1 Å². The highest BCUT2D eigenvalue weighted by molar-refractivity contribution is 7.90. The molecule has 110 valence electrons. The Morgan fingerprint density at radius 2 is 2.00 bits per heavy atom. The summed E-state index contributed by atoms with van der Waals surface area (Å²) < 4.78 is 55.0. The van der Waals surface area contributed by atoms with Crippen LogP contribution >= 0.6 is 0 Å². The van der Waals surface area contributed by atoms with E-state index in [4.69, 9.17) is 4.74 Å². The van der Waals surface area contributed by atoms with Crippen molar-refractivity contribution in [3.63, 3.8) is 0 Å². The first-order valence-corrected chi connectivity index (χ1v) is 7.81. The maximum atomic E-state index is 13.8. The van der Waals surface area contributed by atoms with Crippen molar-refractivity contribution in [1.29, 1.82) is 0 Å². The average molecular weight is 305 g/mol. The highest BCUT2D eigenvalue weighted by Crippen LogP contribution is 2.26. The van der Waals surface area contributed by atoms with Gasteiger partial charge in [-0.15, -0.1) is 0 Å². The molecule has 1 aliphatic heterocycles. The molecule has 0 aromatic heterocycles. The van der Waals surface area contributed by atoms with Gasteiger partial charge in [0, 0.05) is 18.9 Å². The Balaban J connectivity index is 2.30. The van der Waals surface area contributed by atoms with Crippen molar-refractivity contribution in [3.05, 3.63) is 23.8 Å². The molecule has 1 fully saturated rings. The number of halogens is 2. The molecule has 1 N–H and O–H groups in total. The maximum absolute atomic E-state index is 13.8. The number of ether oxygens (including phenoxy) is 1. The lowest BCUT2D eigenvalue weighted by molar-refractivity contribution is -0.129. The van der Waals surface area contributed by atoms with Crippen LogP contribution in [0.1, 0.15) is 12.8 Å². The van der Waals surface area contributed by atoms with Crippen molar-refractivity contribution < 1.29 is 26.7 Å². The van der Waals surface area contributed by atoms with Crippen molar-refractivity contribution in [2.24, 2.45) is 0 Å². The number of hydrogen-bond acceptors (Lipinski definition) is 4. The monoisotopic (exact) mass is 305 g/mol. The average Bonchev–Trinajstić information content (AvgIpc) is 2.34. The molecule has 8 heteroatoms. The van der Waals surface area contributed by atoms with E-state index in [2.05, 4.69) is 5.32 Å². The fourth-order valence-corrected chi connectivity index (χ4v) is 2.63. The molecule has 0 spiro atoms. The largest absolute Gasteiger partial charge is 0.477 e. The second kappa shape index (κ2) is 5.35. The van der Waals surface area contributed by atoms with Gasteiger partial charge < -0.3 is 10.1 Å². The first-order chi connectivity index (χ1) is 9.29. The lowest BCUT2D eigenvalue weighted by Gasteiger charge is -2.23. The molecular formula is C12H13F2NO4S. The Morgan fingerprint density at radius 3 is 2.60 bits per heavy atom. The van der Waals surface area contributed by atoms with E-state index < -0.39 is 44.1 Å². The van der Waals surface area contributed by atoms with Gasteiger partial charge in [0.15, 0.2) is 27.5 Å². The van der Waals surface area contributed by atoms with Crippen molar-refractivity contribution in [1.82, 2.24) is 5.32 Å². The quantitative estimate of drug-likeness (QED) is 0.905. The van der Waals surface area contributed by atoms with Gasteiger partial charge >= 0.3 is 0 Å². The lowest BCUT2D eigenvalue weighted by Crippen LogP contribution is -2.43. The molecule has 0 bridgehead atoms. The molecule has 1 amide bonds. The smallest absolute Gasteiger partial charge is 0.261 e. The van der Waals surface area contributed by atoms with Crippen LogP contribution in [0.3, 0.4) is 0 Å². The van der Waals surface area contributed by atoms with Gasteiger partial charge in [0.2, 0.25) is 0 Å². The number of nitrogens with one attached hydrogen (secondary N) is 1. The Labute approximate surface area is 114 Å². The summed E-state index contributed by atoms with van der Waals surface area (Å²) in [6.45, 7) is 0.516. The highest BCUT2D eigenvalue weighted by atomic mass is 32.2. The topological polar surface area (TPSA) is 72.5 Å². The summed E-state index contributed by atoms with van der Waals surface area (Å²) in [5.74, 6) is -3.01. The van der Waals surface area contributed by atoms with Crippen molar-refractivity contribution in [2.75, 3.05) is 12.8 Å². The second-order valence-corrected chi connectivity index (χ2v) is 6.51. The number of carbonyl (C=O) groups is 1. The molecule has 1 atom stereocenters. The minimum Gasteiger partial charge on any atom is -0.477 e. The molecule has 1 aromatic rings. The summed E-state index contributed by atoms with van der Waals surface area (Å²) in [7, 11) is -3.87. The van der Waals surface area contributed by atoms with Gasteiger partial charge in [-0.1, -0.05) is 0 Å². The molecule has 0 radical (unpaired) electrons. The van der Waals surface area contributed by atoms with Crippen LogP contribution in [0, 0.1) is 11.6 Å². The van der Waals surface area contributed by atoms with E-state index >= 15 is 0 Å². The maximum Gasteiger partial charge on any atom is 0.261 e. The summed E-state index contributed by atoms with van der Waals surface area (Å²) in [6.07, 6.45) is 0.935. The van der Waals surface area contributed by atoms with Crippen LogP contribution in [0.5, 0.6) is 5.75 Å².